The van der Waals surface area contributed by atoms with Crippen molar-refractivity contribution in [3.8, 4) is 0 Å². The van der Waals surface area contributed by atoms with Gasteiger partial charge in [-0.1, -0.05) is 189 Å². The van der Waals surface area contributed by atoms with E-state index in [2.05, 4.69) is 34.6 Å². The molecule has 2 atom stereocenters. The molecule has 2 unspecified atom stereocenters. The molecule has 0 aromatic heterocycles. The summed E-state index contributed by atoms with van der Waals surface area (Å²) >= 11 is 0. The van der Waals surface area contributed by atoms with E-state index in [0.717, 1.165) is 6.42 Å². The minimum Gasteiger partial charge on any atom is -0.462 e. The van der Waals surface area contributed by atoms with Crippen molar-refractivity contribution < 1.29 is 9.53 Å². The van der Waals surface area contributed by atoms with Crippen LogP contribution in [0.2, 0.25) is 0 Å². The van der Waals surface area contributed by atoms with E-state index in [9.17, 15) is 4.79 Å². The van der Waals surface area contributed by atoms with Crippen molar-refractivity contribution in [3.63, 3.8) is 0 Å². The molecule has 0 saturated carbocycles. The van der Waals surface area contributed by atoms with Gasteiger partial charge in [-0.3, -0.25) is 4.79 Å². The molecule has 0 N–H and O–H groups in total. The standard InChI is InChI=1S/C37H74O2/c1-6-9-12-15-18-20-21-22-24-27-30-33-36(38)39-37(34(4)5)35(31-28-25-17-14-11-8-3)32-29-26-23-19-16-13-10-7-2/h34-35,37H,6-33H2,1-5H3. The summed E-state index contributed by atoms with van der Waals surface area (Å²) in [6.45, 7) is 11.4. The van der Waals surface area contributed by atoms with Gasteiger partial charge >= 0.3 is 5.97 Å². The van der Waals surface area contributed by atoms with Gasteiger partial charge in [0, 0.05) is 6.42 Å². The van der Waals surface area contributed by atoms with E-state index in [1.807, 2.05) is 0 Å². The second kappa shape index (κ2) is 30.4. The van der Waals surface area contributed by atoms with E-state index in [-0.39, 0.29) is 12.1 Å². The monoisotopic (exact) mass is 551 g/mol. The molecule has 0 heterocycles. The molecular weight excluding hydrogens is 476 g/mol. The molecule has 0 saturated heterocycles. The second-order valence-electron chi connectivity index (χ2n) is 13.1. The van der Waals surface area contributed by atoms with Gasteiger partial charge in [0.2, 0.25) is 0 Å². The van der Waals surface area contributed by atoms with Crippen LogP contribution in [0.3, 0.4) is 0 Å². The quantitative estimate of drug-likeness (QED) is 0.0633. The van der Waals surface area contributed by atoms with Gasteiger partial charge in [-0.15, -0.1) is 0 Å². The lowest BCUT2D eigenvalue weighted by molar-refractivity contribution is -0.155. The molecule has 2 nitrogen and oxygen atoms in total. The third kappa shape index (κ3) is 26.1. The van der Waals surface area contributed by atoms with Gasteiger partial charge in [-0.25, -0.2) is 0 Å². The summed E-state index contributed by atoms with van der Waals surface area (Å²) in [6.07, 6.45) is 36.7. The number of unbranched alkanes of at least 4 members (excludes halogenated alkanes) is 22. The Kier molecular flexibility index (Phi) is 30.0. The molecule has 0 aromatic carbocycles. The largest absolute Gasteiger partial charge is 0.462 e. The average molecular weight is 551 g/mol. The number of ether oxygens (including phenoxy) is 1. The van der Waals surface area contributed by atoms with Crippen molar-refractivity contribution in [2.75, 3.05) is 0 Å². The molecule has 0 radical (unpaired) electrons. The van der Waals surface area contributed by atoms with Crippen LogP contribution in [0.1, 0.15) is 214 Å². The lowest BCUT2D eigenvalue weighted by Crippen LogP contribution is -2.32. The lowest BCUT2D eigenvalue weighted by Gasteiger charge is -2.30. The van der Waals surface area contributed by atoms with Crippen LogP contribution >= 0.6 is 0 Å². The topological polar surface area (TPSA) is 26.3 Å². The predicted octanol–water partition coefficient (Wildman–Crippen LogP) is 13.2. The predicted molar refractivity (Wildman–Crippen MR) is 175 cm³/mol. The fraction of sp³-hybridized carbons (Fsp3) is 0.973. The van der Waals surface area contributed by atoms with Crippen LogP contribution < -0.4 is 0 Å². The maximum Gasteiger partial charge on any atom is 0.306 e. The van der Waals surface area contributed by atoms with Crippen LogP contribution in [0, 0.1) is 11.8 Å². The maximum absolute atomic E-state index is 12.9. The molecule has 234 valence electrons. The van der Waals surface area contributed by atoms with Gasteiger partial charge < -0.3 is 4.74 Å². The summed E-state index contributed by atoms with van der Waals surface area (Å²) in [6, 6.07) is 0. The second-order valence-corrected chi connectivity index (χ2v) is 13.1. The van der Waals surface area contributed by atoms with E-state index in [0.29, 0.717) is 18.3 Å². The Morgan fingerprint density at radius 3 is 1.10 bits per heavy atom. The molecule has 2 heteroatoms. The van der Waals surface area contributed by atoms with E-state index in [1.165, 1.54) is 167 Å². The minimum absolute atomic E-state index is 0.0634. The minimum atomic E-state index is 0.0634. The number of rotatable bonds is 31. The Balaban J connectivity index is 4.39. The third-order valence-electron chi connectivity index (χ3n) is 8.73. The molecule has 0 rings (SSSR count). The summed E-state index contributed by atoms with van der Waals surface area (Å²) in [5.41, 5.74) is 0. The molecule has 0 aromatic rings. The number of carbonyl (C=O) groups is 1. The van der Waals surface area contributed by atoms with Crippen molar-refractivity contribution in [1.82, 2.24) is 0 Å². The SMILES string of the molecule is CCCCCCCCCCCCCC(=O)OC(C(C)C)C(CCCCCCCC)CCCCCCCCCC. The van der Waals surface area contributed by atoms with Crippen LogP contribution in [0.4, 0.5) is 0 Å². The van der Waals surface area contributed by atoms with Crippen LogP contribution in [-0.4, -0.2) is 12.1 Å². The van der Waals surface area contributed by atoms with Gasteiger partial charge in [0.1, 0.15) is 6.10 Å². The molecule has 0 spiro atoms. The Labute approximate surface area is 247 Å². The van der Waals surface area contributed by atoms with Gasteiger partial charge in [-0.2, -0.15) is 0 Å². The van der Waals surface area contributed by atoms with Crippen molar-refractivity contribution in [2.45, 2.75) is 221 Å². The third-order valence-corrected chi connectivity index (χ3v) is 8.73. The number of hydrogen-bond donors (Lipinski definition) is 0. The van der Waals surface area contributed by atoms with Crippen molar-refractivity contribution in [1.29, 1.82) is 0 Å². The number of hydrogen-bond acceptors (Lipinski definition) is 2. The lowest BCUT2D eigenvalue weighted by atomic mass is 9.84. The fourth-order valence-electron chi connectivity index (χ4n) is 6.12. The Bertz CT molecular complexity index is 486. The average Bonchev–Trinajstić information content (AvgIpc) is 2.92. The zero-order chi connectivity index (χ0) is 28.8. The Morgan fingerprint density at radius 2 is 0.769 bits per heavy atom. The first-order valence-electron chi connectivity index (χ1n) is 18.3. The van der Waals surface area contributed by atoms with Crippen LogP contribution in [0.15, 0.2) is 0 Å². The fourth-order valence-corrected chi connectivity index (χ4v) is 6.12. The molecule has 0 fully saturated rings. The van der Waals surface area contributed by atoms with Crippen molar-refractivity contribution >= 4 is 5.97 Å². The summed E-state index contributed by atoms with van der Waals surface area (Å²) < 4.78 is 6.25. The van der Waals surface area contributed by atoms with E-state index < -0.39 is 0 Å². The van der Waals surface area contributed by atoms with E-state index in [4.69, 9.17) is 4.74 Å². The molecule has 0 aliphatic carbocycles. The van der Waals surface area contributed by atoms with Gasteiger partial charge in [-0.05, 0) is 31.1 Å². The molecule has 39 heavy (non-hydrogen) atoms. The van der Waals surface area contributed by atoms with E-state index in [1.54, 1.807) is 0 Å². The first-order chi connectivity index (χ1) is 19.1. The van der Waals surface area contributed by atoms with E-state index >= 15 is 0 Å². The highest BCUT2D eigenvalue weighted by molar-refractivity contribution is 5.69. The molecule has 0 aliphatic heterocycles. The number of esters is 1. The highest BCUT2D eigenvalue weighted by atomic mass is 16.5. The highest BCUT2D eigenvalue weighted by Crippen LogP contribution is 2.29. The Morgan fingerprint density at radius 1 is 0.462 bits per heavy atom. The Hall–Kier alpha value is -0.530. The highest BCUT2D eigenvalue weighted by Gasteiger charge is 2.27. The van der Waals surface area contributed by atoms with Gasteiger partial charge in [0.05, 0.1) is 0 Å². The summed E-state index contributed by atoms with van der Waals surface area (Å²) in [4.78, 5) is 12.9. The van der Waals surface area contributed by atoms with Gasteiger partial charge in [0.15, 0.2) is 0 Å². The normalized spacial score (nSPS) is 13.2. The van der Waals surface area contributed by atoms with Crippen LogP contribution in [0.25, 0.3) is 0 Å². The smallest absolute Gasteiger partial charge is 0.306 e. The zero-order valence-corrected chi connectivity index (χ0v) is 27.8. The molecular formula is C37H74O2. The molecule has 0 bridgehead atoms. The maximum atomic E-state index is 12.9. The van der Waals surface area contributed by atoms with Crippen LogP contribution in [-0.2, 0) is 9.53 Å². The molecule has 0 amide bonds. The molecule has 0 aliphatic rings. The number of carbonyl (C=O) groups excluding carboxylic acids is 1. The summed E-state index contributed by atoms with van der Waals surface area (Å²) in [7, 11) is 0. The van der Waals surface area contributed by atoms with Crippen molar-refractivity contribution in [2.24, 2.45) is 11.8 Å². The summed E-state index contributed by atoms with van der Waals surface area (Å²) in [5.74, 6) is 1.01. The first-order valence-corrected chi connectivity index (χ1v) is 18.3. The zero-order valence-electron chi connectivity index (χ0n) is 27.8. The van der Waals surface area contributed by atoms with Gasteiger partial charge in [0.25, 0.3) is 0 Å². The van der Waals surface area contributed by atoms with Crippen molar-refractivity contribution in [3.05, 3.63) is 0 Å². The summed E-state index contributed by atoms with van der Waals surface area (Å²) in [5, 5.41) is 0. The first kappa shape index (κ1) is 38.5. The van der Waals surface area contributed by atoms with Crippen LogP contribution in [0.5, 0.6) is 0 Å².